The molecule has 1 aromatic rings. The molecule has 3 rings (SSSR count). The summed E-state index contributed by atoms with van der Waals surface area (Å²) in [5, 5.41) is 3.38. The number of thiazole rings is 1. The van der Waals surface area contributed by atoms with Crippen molar-refractivity contribution in [3.8, 4) is 0 Å². The average molecular weight is 426 g/mol. The second-order valence-corrected chi connectivity index (χ2v) is 7.83. The SMILES string of the molecule is C[C@H]1C[C@H]2CSC(N)=N[C@@]2(c2nc(NI=O)cs2)CO1. The largest absolute Gasteiger partial charge is 0.379 e. The summed E-state index contributed by atoms with van der Waals surface area (Å²) in [6.07, 6.45) is 1.20. The normalized spacial score (nSPS) is 33.4. The maximum atomic E-state index is 10.7. The maximum Gasteiger partial charge on any atom is 0.271 e. The number of nitrogens with zero attached hydrogens (tertiary/aromatic N) is 2. The Hall–Kier alpha value is -0.260. The van der Waals surface area contributed by atoms with E-state index in [9.17, 15) is 3.07 Å². The first-order chi connectivity index (χ1) is 9.64. The minimum Gasteiger partial charge on any atom is -0.379 e. The first kappa shape index (κ1) is 14.7. The molecule has 0 aromatic carbocycles. The van der Waals surface area contributed by atoms with Crippen molar-refractivity contribution >= 4 is 55.5 Å². The number of nitrogens with one attached hydrogen (secondary N) is 1. The van der Waals surface area contributed by atoms with Crippen LogP contribution in [0.2, 0.25) is 0 Å². The molecule has 0 bridgehead atoms. The van der Waals surface area contributed by atoms with Crippen LogP contribution < -0.4 is 9.26 Å². The number of ether oxygens (including phenoxy) is 1. The summed E-state index contributed by atoms with van der Waals surface area (Å²) in [5.41, 5.74) is 5.47. The van der Waals surface area contributed by atoms with Gasteiger partial charge in [0.05, 0.1) is 12.7 Å². The molecule has 6 nitrogen and oxygen atoms in total. The fourth-order valence-corrected chi connectivity index (χ4v) is 5.32. The van der Waals surface area contributed by atoms with Crippen molar-refractivity contribution in [3.05, 3.63) is 10.4 Å². The molecule has 3 heterocycles. The number of aliphatic imine (C=N–C) groups is 1. The highest BCUT2D eigenvalue weighted by Gasteiger charge is 2.49. The van der Waals surface area contributed by atoms with E-state index in [1.807, 2.05) is 5.38 Å². The highest BCUT2D eigenvalue weighted by atomic mass is 127. The van der Waals surface area contributed by atoms with E-state index in [1.54, 1.807) is 11.8 Å². The van der Waals surface area contributed by atoms with Crippen molar-refractivity contribution < 1.29 is 7.81 Å². The van der Waals surface area contributed by atoms with Gasteiger partial charge >= 0.3 is 0 Å². The zero-order valence-corrected chi connectivity index (χ0v) is 14.6. The van der Waals surface area contributed by atoms with Crippen molar-refractivity contribution in [2.24, 2.45) is 16.6 Å². The summed E-state index contributed by atoms with van der Waals surface area (Å²) in [5.74, 6) is 1.98. The zero-order chi connectivity index (χ0) is 14.2. The van der Waals surface area contributed by atoms with Crippen molar-refractivity contribution in [1.82, 2.24) is 4.98 Å². The van der Waals surface area contributed by atoms with Crippen molar-refractivity contribution in [3.63, 3.8) is 0 Å². The number of anilines is 1. The first-order valence-electron chi connectivity index (χ1n) is 6.22. The second-order valence-electron chi connectivity index (χ2n) is 4.95. The highest BCUT2D eigenvalue weighted by molar-refractivity contribution is 14.1. The highest BCUT2D eigenvalue weighted by Crippen LogP contribution is 2.47. The number of amidine groups is 1. The Morgan fingerprint density at radius 2 is 2.50 bits per heavy atom. The number of rotatable bonds is 3. The van der Waals surface area contributed by atoms with E-state index in [-0.39, 0.29) is 6.10 Å². The van der Waals surface area contributed by atoms with Gasteiger partial charge in [-0.05, 0) is 13.3 Å². The van der Waals surface area contributed by atoms with Crippen LogP contribution in [0.25, 0.3) is 0 Å². The molecule has 3 atom stereocenters. The standard InChI is InChI=1S/C11H15IN4O2S2/c1-6-2-7-3-20-10(13)15-11(7,5-18-6)9-14-8(4-19-9)16-12-17/h4,6-7H,2-3,5H2,1H3,(H2,13,15)(H,16,17)/t6-,7-,11-/m0/s1. The van der Waals surface area contributed by atoms with E-state index in [4.69, 9.17) is 15.5 Å². The molecule has 110 valence electrons. The number of hydrogen-bond donors (Lipinski definition) is 2. The molecular weight excluding hydrogens is 411 g/mol. The first-order valence-corrected chi connectivity index (χ1v) is 10.0. The smallest absolute Gasteiger partial charge is 0.271 e. The number of nitrogens with two attached hydrogens (primary N) is 1. The van der Waals surface area contributed by atoms with Gasteiger partial charge in [0, 0.05) is 17.1 Å². The lowest BCUT2D eigenvalue weighted by atomic mass is 9.80. The van der Waals surface area contributed by atoms with Gasteiger partial charge in [0.1, 0.15) is 16.4 Å². The van der Waals surface area contributed by atoms with Crippen LogP contribution in [0.15, 0.2) is 10.4 Å². The molecular formula is C11H15IN4O2S2. The Bertz CT molecular complexity index is 552. The summed E-state index contributed by atoms with van der Waals surface area (Å²) < 4.78 is 19.4. The van der Waals surface area contributed by atoms with Crippen LogP contribution in [0, 0.1) is 5.92 Å². The molecule has 0 amide bonds. The summed E-state index contributed by atoms with van der Waals surface area (Å²) in [6, 6.07) is 0. The lowest BCUT2D eigenvalue weighted by Gasteiger charge is -2.44. The predicted molar refractivity (Wildman–Crippen MR) is 89.7 cm³/mol. The van der Waals surface area contributed by atoms with E-state index in [2.05, 4.69) is 15.4 Å². The predicted octanol–water partition coefficient (Wildman–Crippen LogP) is 2.47. The molecule has 0 aliphatic carbocycles. The van der Waals surface area contributed by atoms with Gasteiger partial charge in [0.2, 0.25) is 0 Å². The van der Waals surface area contributed by atoms with E-state index < -0.39 is 27.0 Å². The molecule has 3 N–H and O–H groups in total. The van der Waals surface area contributed by atoms with Gasteiger partial charge < -0.3 is 10.5 Å². The minimum atomic E-state index is -1.27. The number of halogens is 1. The monoisotopic (exact) mass is 426 g/mol. The zero-order valence-electron chi connectivity index (χ0n) is 10.8. The van der Waals surface area contributed by atoms with Gasteiger partial charge in [-0.1, -0.05) is 11.8 Å². The molecule has 0 radical (unpaired) electrons. The topological polar surface area (TPSA) is 89.6 Å². The molecule has 0 saturated carbocycles. The third kappa shape index (κ3) is 2.60. The van der Waals surface area contributed by atoms with Crippen LogP contribution in [0.3, 0.4) is 0 Å². The minimum absolute atomic E-state index is 0.244. The molecule has 2 aliphatic rings. The quantitative estimate of drug-likeness (QED) is 0.570. The molecule has 0 spiro atoms. The van der Waals surface area contributed by atoms with Gasteiger partial charge in [-0.25, -0.2) is 13.0 Å². The van der Waals surface area contributed by atoms with E-state index in [1.165, 1.54) is 11.3 Å². The Balaban J connectivity index is 1.99. The average Bonchev–Trinajstić information content (AvgIpc) is 2.89. The second kappa shape index (κ2) is 5.85. The maximum absolute atomic E-state index is 10.7. The number of aromatic nitrogens is 1. The van der Waals surface area contributed by atoms with Crippen LogP contribution in [0.5, 0.6) is 0 Å². The fourth-order valence-electron chi connectivity index (χ4n) is 2.63. The van der Waals surface area contributed by atoms with Gasteiger partial charge in [-0.2, -0.15) is 0 Å². The van der Waals surface area contributed by atoms with Crippen molar-refractivity contribution in [1.29, 1.82) is 0 Å². The van der Waals surface area contributed by atoms with Crippen LogP contribution in [0.4, 0.5) is 5.82 Å². The number of hydrogen-bond acceptors (Lipinski definition) is 7. The molecule has 20 heavy (non-hydrogen) atoms. The van der Waals surface area contributed by atoms with Crippen molar-refractivity contribution in [2.75, 3.05) is 15.9 Å². The summed E-state index contributed by atoms with van der Waals surface area (Å²) >= 11 is 1.87. The third-order valence-electron chi connectivity index (χ3n) is 3.63. The molecule has 1 fully saturated rings. The Labute approximate surface area is 136 Å². The Morgan fingerprint density at radius 3 is 3.30 bits per heavy atom. The van der Waals surface area contributed by atoms with Gasteiger partial charge in [0.15, 0.2) is 5.17 Å². The van der Waals surface area contributed by atoms with E-state index in [0.29, 0.717) is 23.5 Å². The van der Waals surface area contributed by atoms with Crippen LogP contribution in [-0.2, 0) is 13.3 Å². The van der Waals surface area contributed by atoms with E-state index in [0.717, 1.165) is 17.2 Å². The fraction of sp³-hybridized carbons (Fsp3) is 0.636. The van der Waals surface area contributed by atoms with Crippen LogP contribution in [-0.4, -0.2) is 28.6 Å². The molecule has 1 saturated heterocycles. The van der Waals surface area contributed by atoms with Crippen LogP contribution >= 0.6 is 44.6 Å². The summed E-state index contributed by atoms with van der Waals surface area (Å²) in [4.78, 5) is 9.24. The molecule has 1 aromatic heterocycles. The summed E-state index contributed by atoms with van der Waals surface area (Å²) in [7, 11) is 0. The lowest BCUT2D eigenvalue weighted by molar-refractivity contribution is -0.0466. The van der Waals surface area contributed by atoms with Gasteiger partial charge in [0.25, 0.3) is 21.5 Å². The van der Waals surface area contributed by atoms with E-state index >= 15 is 0 Å². The Kier molecular flexibility index (Phi) is 4.29. The summed E-state index contributed by atoms with van der Waals surface area (Å²) in [6.45, 7) is 2.60. The molecule has 0 unspecified atom stereocenters. The van der Waals surface area contributed by atoms with Crippen molar-refractivity contribution in [2.45, 2.75) is 25.0 Å². The Morgan fingerprint density at radius 1 is 1.65 bits per heavy atom. The molecule has 9 heteroatoms. The van der Waals surface area contributed by atoms with Gasteiger partial charge in [-0.15, -0.1) is 11.3 Å². The lowest BCUT2D eigenvalue weighted by Crippen LogP contribution is -2.49. The van der Waals surface area contributed by atoms with Crippen LogP contribution in [0.1, 0.15) is 18.4 Å². The number of fused-ring (bicyclic) bond motifs is 1. The van der Waals surface area contributed by atoms with Gasteiger partial charge in [-0.3, -0.25) is 3.53 Å². The third-order valence-corrected chi connectivity index (χ3v) is 6.37. The molecule has 2 aliphatic heterocycles. The number of thioether (sulfide) groups is 1.